The number of carbonyl (C=O) groups excluding carboxylic acids is 1. The molecule has 0 saturated carbocycles. The molecule has 0 radical (unpaired) electrons. The highest BCUT2D eigenvalue weighted by molar-refractivity contribution is 6.25. The molecule has 72 valence electrons. The zero-order valence-electron chi connectivity index (χ0n) is 8.08. The predicted molar refractivity (Wildman–Crippen MR) is 62.0 cm³/mol. The van der Waals surface area contributed by atoms with Crippen LogP contribution in [0.4, 0.5) is 5.69 Å². The average Bonchev–Trinajstić information content (AvgIpc) is 2.59. The Kier molecular flexibility index (Phi) is 1.48. The summed E-state index contributed by atoms with van der Waals surface area (Å²) in [4.78, 5) is 11.8. The van der Waals surface area contributed by atoms with Gasteiger partial charge in [-0.1, -0.05) is 36.9 Å². The van der Waals surface area contributed by atoms with E-state index in [1.165, 1.54) is 0 Å². The molecule has 0 aromatic heterocycles. The van der Waals surface area contributed by atoms with E-state index in [4.69, 9.17) is 0 Å². The number of carbonyl (C=O) groups is 1. The second kappa shape index (κ2) is 2.70. The number of benzene rings is 2. The smallest absolute Gasteiger partial charge is 0.256 e. The number of rotatable bonds is 1. The molecule has 2 nitrogen and oxygen atoms in total. The lowest BCUT2D eigenvalue weighted by molar-refractivity contribution is 0.103. The topological polar surface area (TPSA) is 29.1 Å². The Morgan fingerprint density at radius 3 is 2.87 bits per heavy atom. The zero-order chi connectivity index (χ0) is 10.4. The van der Waals surface area contributed by atoms with Crippen LogP contribution in [0.2, 0.25) is 0 Å². The molecule has 0 aliphatic carbocycles. The van der Waals surface area contributed by atoms with Crippen LogP contribution in [0, 0.1) is 0 Å². The standard InChI is InChI=1S/C13H9NO/c1-2-8-6-7-9-4-3-5-10-11(9)12(8)13(15)14-10/h2-7H,1H2,(H,14,15). The number of hydrogen-bond donors (Lipinski definition) is 1. The van der Waals surface area contributed by atoms with E-state index in [-0.39, 0.29) is 5.91 Å². The highest BCUT2D eigenvalue weighted by Crippen LogP contribution is 2.35. The lowest BCUT2D eigenvalue weighted by atomic mass is 10.00. The van der Waals surface area contributed by atoms with Crippen LogP contribution < -0.4 is 5.32 Å². The Morgan fingerprint density at radius 2 is 2.07 bits per heavy atom. The van der Waals surface area contributed by atoms with Gasteiger partial charge in [0, 0.05) is 11.1 Å². The largest absolute Gasteiger partial charge is 0.321 e. The van der Waals surface area contributed by atoms with E-state index in [1.807, 2.05) is 30.3 Å². The van der Waals surface area contributed by atoms with Crippen molar-refractivity contribution in [3.05, 3.63) is 48.0 Å². The lowest BCUT2D eigenvalue weighted by Crippen LogP contribution is -2.05. The Labute approximate surface area is 87.2 Å². The fourth-order valence-corrected chi connectivity index (χ4v) is 2.10. The summed E-state index contributed by atoms with van der Waals surface area (Å²) in [6.45, 7) is 3.72. The first-order valence-electron chi connectivity index (χ1n) is 4.81. The summed E-state index contributed by atoms with van der Waals surface area (Å²) in [6.07, 6.45) is 1.72. The summed E-state index contributed by atoms with van der Waals surface area (Å²) < 4.78 is 0. The summed E-state index contributed by atoms with van der Waals surface area (Å²) in [5, 5.41) is 4.96. The number of amides is 1. The van der Waals surface area contributed by atoms with Gasteiger partial charge in [0.05, 0.1) is 5.56 Å². The van der Waals surface area contributed by atoms with Gasteiger partial charge in [0.25, 0.3) is 5.91 Å². The minimum absolute atomic E-state index is 0.0308. The van der Waals surface area contributed by atoms with Gasteiger partial charge in [-0.2, -0.15) is 0 Å². The summed E-state index contributed by atoms with van der Waals surface area (Å²) in [7, 11) is 0. The Morgan fingerprint density at radius 1 is 1.20 bits per heavy atom. The van der Waals surface area contributed by atoms with Crippen molar-refractivity contribution >= 4 is 28.4 Å². The Hall–Kier alpha value is -2.09. The molecule has 1 amide bonds. The quantitative estimate of drug-likeness (QED) is 0.744. The van der Waals surface area contributed by atoms with Gasteiger partial charge in [0.2, 0.25) is 0 Å². The maximum Gasteiger partial charge on any atom is 0.256 e. The van der Waals surface area contributed by atoms with Gasteiger partial charge in [0.15, 0.2) is 0 Å². The first-order valence-corrected chi connectivity index (χ1v) is 4.81. The van der Waals surface area contributed by atoms with Crippen LogP contribution in [0.25, 0.3) is 16.8 Å². The van der Waals surface area contributed by atoms with Crippen molar-refractivity contribution in [1.82, 2.24) is 0 Å². The molecule has 0 saturated heterocycles. The van der Waals surface area contributed by atoms with Crippen LogP contribution in [0.15, 0.2) is 36.9 Å². The molecule has 0 atom stereocenters. The van der Waals surface area contributed by atoms with Crippen LogP contribution in [-0.4, -0.2) is 5.91 Å². The van der Waals surface area contributed by atoms with Gasteiger partial charge >= 0.3 is 0 Å². The summed E-state index contributed by atoms with van der Waals surface area (Å²) in [5.41, 5.74) is 2.54. The van der Waals surface area contributed by atoms with Crippen LogP contribution in [-0.2, 0) is 0 Å². The van der Waals surface area contributed by atoms with Gasteiger partial charge in [-0.15, -0.1) is 0 Å². The minimum atomic E-state index is -0.0308. The van der Waals surface area contributed by atoms with Crippen molar-refractivity contribution in [2.24, 2.45) is 0 Å². The molecule has 0 fully saturated rings. The van der Waals surface area contributed by atoms with Crippen molar-refractivity contribution in [3.63, 3.8) is 0 Å². The SMILES string of the molecule is C=Cc1ccc2cccc3c2c1C(=O)N3. The molecule has 1 heterocycles. The van der Waals surface area contributed by atoms with Gasteiger partial charge < -0.3 is 5.32 Å². The molecular weight excluding hydrogens is 186 g/mol. The fourth-order valence-electron chi connectivity index (χ4n) is 2.10. The summed E-state index contributed by atoms with van der Waals surface area (Å²) >= 11 is 0. The highest BCUT2D eigenvalue weighted by Gasteiger charge is 2.23. The average molecular weight is 195 g/mol. The molecule has 2 heteroatoms. The third-order valence-corrected chi connectivity index (χ3v) is 2.77. The maximum absolute atomic E-state index is 11.8. The van der Waals surface area contributed by atoms with E-state index >= 15 is 0 Å². The molecule has 0 spiro atoms. The van der Waals surface area contributed by atoms with Crippen molar-refractivity contribution in [3.8, 4) is 0 Å². The van der Waals surface area contributed by atoms with E-state index in [9.17, 15) is 4.79 Å². The molecular formula is C13H9NO. The van der Waals surface area contributed by atoms with E-state index < -0.39 is 0 Å². The third-order valence-electron chi connectivity index (χ3n) is 2.77. The lowest BCUT2D eigenvalue weighted by Gasteiger charge is -2.01. The number of hydrogen-bond acceptors (Lipinski definition) is 1. The molecule has 3 rings (SSSR count). The monoisotopic (exact) mass is 195 g/mol. The van der Waals surface area contributed by atoms with Gasteiger partial charge in [0.1, 0.15) is 0 Å². The van der Waals surface area contributed by atoms with Crippen molar-refractivity contribution in [2.45, 2.75) is 0 Å². The van der Waals surface area contributed by atoms with E-state index in [0.29, 0.717) is 0 Å². The second-order valence-corrected chi connectivity index (χ2v) is 3.59. The second-order valence-electron chi connectivity index (χ2n) is 3.59. The number of anilines is 1. The summed E-state index contributed by atoms with van der Waals surface area (Å²) in [5.74, 6) is -0.0308. The molecule has 0 unspecified atom stereocenters. The van der Waals surface area contributed by atoms with E-state index in [2.05, 4.69) is 11.9 Å². The molecule has 1 aliphatic rings. The Balaban J connectivity index is 2.55. The zero-order valence-corrected chi connectivity index (χ0v) is 8.08. The van der Waals surface area contributed by atoms with Crippen molar-refractivity contribution < 1.29 is 4.79 Å². The molecule has 1 aliphatic heterocycles. The molecule has 2 aromatic carbocycles. The predicted octanol–water partition coefficient (Wildman–Crippen LogP) is 3.05. The molecule has 0 bridgehead atoms. The van der Waals surface area contributed by atoms with E-state index in [1.54, 1.807) is 6.08 Å². The number of nitrogens with one attached hydrogen (secondary N) is 1. The Bertz CT molecular complexity index is 599. The van der Waals surface area contributed by atoms with Crippen LogP contribution in [0.1, 0.15) is 15.9 Å². The van der Waals surface area contributed by atoms with Crippen molar-refractivity contribution in [2.75, 3.05) is 5.32 Å². The van der Waals surface area contributed by atoms with E-state index in [0.717, 1.165) is 27.6 Å². The molecule has 2 aromatic rings. The summed E-state index contributed by atoms with van der Waals surface area (Å²) in [6, 6.07) is 9.82. The first kappa shape index (κ1) is 8.24. The third kappa shape index (κ3) is 0.960. The normalized spacial score (nSPS) is 12.9. The van der Waals surface area contributed by atoms with Gasteiger partial charge in [-0.05, 0) is 17.0 Å². The van der Waals surface area contributed by atoms with Crippen molar-refractivity contribution in [1.29, 1.82) is 0 Å². The van der Waals surface area contributed by atoms with Crippen LogP contribution >= 0.6 is 0 Å². The first-order chi connectivity index (χ1) is 7.31. The van der Waals surface area contributed by atoms with Crippen LogP contribution in [0.3, 0.4) is 0 Å². The highest BCUT2D eigenvalue weighted by atomic mass is 16.1. The van der Waals surface area contributed by atoms with Gasteiger partial charge in [-0.25, -0.2) is 0 Å². The maximum atomic E-state index is 11.8. The van der Waals surface area contributed by atoms with Gasteiger partial charge in [-0.3, -0.25) is 4.79 Å². The van der Waals surface area contributed by atoms with Crippen LogP contribution in [0.5, 0.6) is 0 Å². The fraction of sp³-hybridized carbons (Fsp3) is 0. The molecule has 15 heavy (non-hydrogen) atoms. The minimum Gasteiger partial charge on any atom is -0.321 e. The molecule has 1 N–H and O–H groups in total.